The lowest BCUT2D eigenvalue weighted by Crippen LogP contribution is -2.30. The van der Waals surface area contributed by atoms with Crippen LogP contribution in [0.15, 0.2) is 53.4 Å². The summed E-state index contributed by atoms with van der Waals surface area (Å²) in [6.07, 6.45) is -1.08. The molecule has 0 aliphatic rings. The number of hydrogen-bond donors (Lipinski definition) is 2. The molecule has 1 atom stereocenters. The van der Waals surface area contributed by atoms with Crippen molar-refractivity contribution >= 4 is 39.2 Å². The molecule has 0 radical (unpaired) electrons. The van der Waals surface area contributed by atoms with E-state index in [2.05, 4.69) is 10.0 Å². The fourth-order valence-electron chi connectivity index (χ4n) is 2.12. The van der Waals surface area contributed by atoms with Gasteiger partial charge >= 0.3 is 5.97 Å². The zero-order chi connectivity index (χ0) is 20.0. The molecule has 7 nitrogen and oxygen atoms in total. The first-order valence-electron chi connectivity index (χ1n) is 8.10. The van der Waals surface area contributed by atoms with Crippen molar-refractivity contribution in [3.63, 3.8) is 0 Å². The van der Waals surface area contributed by atoms with Gasteiger partial charge in [0.1, 0.15) is 0 Å². The van der Waals surface area contributed by atoms with Crippen LogP contribution in [0.25, 0.3) is 0 Å². The molecule has 27 heavy (non-hydrogen) atoms. The van der Waals surface area contributed by atoms with Crippen LogP contribution in [0, 0.1) is 0 Å². The van der Waals surface area contributed by atoms with Crippen LogP contribution in [0.3, 0.4) is 0 Å². The highest BCUT2D eigenvalue weighted by atomic mass is 35.5. The quantitative estimate of drug-likeness (QED) is 0.683. The van der Waals surface area contributed by atoms with E-state index in [1.807, 2.05) is 0 Å². The number of nitrogens with one attached hydrogen (secondary N) is 2. The maximum absolute atomic E-state index is 12.3. The van der Waals surface area contributed by atoms with Crippen LogP contribution in [-0.2, 0) is 19.6 Å². The number of benzene rings is 2. The van der Waals surface area contributed by atoms with Crippen LogP contribution in [0.5, 0.6) is 0 Å². The molecule has 0 aliphatic heterocycles. The van der Waals surface area contributed by atoms with Gasteiger partial charge in [-0.1, -0.05) is 24.6 Å². The Balaban J connectivity index is 2.05. The molecule has 0 saturated heterocycles. The summed E-state index contributed by atoms with van der Waals surface area (Å²) in [5.74, 6) is -1.33. The van der Waals surface area contributed by atoms with Gasteiger partial charge < -0.3 is 10.1 Å². The first kappa shape index (κ1) is 20.9. The van der Waals surface area contributed by atoms with E-state index in [0.717, 1.165) is 0 Å². The minimum absolute atomic E-state index is 0.0279. The predicted molar refractivity (Wildman–Crippen MR) is 102 cm³/mol. The lowest BCUT2D eigenvalue weighted by Gasteiger charge is -2.14. The van der Waals surface area contributed by atoms with Crippen molar-refractivity contribution in [2.45, 2.75) is 24.8 Å². The van der Waals surface area contributed by atoms with Crippen molar-refractivity contribution in [1.29, 1.82) is 0 Å². The van der Waals surface area contributed by atoms with Gasteiger partial charge in [0, 0.05) is 17.3 Å². The fourth-order valence-corrected chi connectivity index (χ4v) is 3.34. The van der Waals surface area contributed by atoms with Gasteiger partial charge in [0.15, 0.2) is 6.10 Å². The van der Waals surface area contributed by atoms with E-state index in [-0.39, 0.29) is 17.0 Å². The van der Waals surface area contributed by atoms with E-state index in [1.54, 1.807) is 31.2 Å². The predicted octanol–water partition coefficient (Wildman–Crippen LogP) is 2.82. The topological polar surface area (TPSA) is 102 Å². The second-order valence-corrected chi connectivity index (χ2v) is 7.78. The zero-order valence-corrected chi connectivity index (χ0v) is 16.3. The number of hydrogen-bond acceptors (Lipinski definition) is 5. The van der Waals surface area contributed by atoms with Crippen LogP contribution < -0.4 is 10.0 Å². The zero-order valence-electron chi connectivity index (χ0n) is 14.7. The SMILES string of the molecule is CCNS(=O)(=O)c1cccc(C(=O)O[C@H](C)C(=O)Nc2ccc(Cl)cc2)c1. The molecular weight excluding hydrogens is 392 g/mol. The summed E-state index contributed by atoms with van der Waals surface area (Å²) in [4.78, 5) is 24.3. The lowest BCUT2D eigenvalue weighted by atomic mass is 10.2. The summed E-state index contributed by atoms with van der Waals surface area (Å²) < 4.78 is 31.5. The van der Waals surface area contributed by atoms with E-state index in [0.29, 0.717) is 10.7 Å². The van der Waals surface area contributed by atoms with Crippen molar-refractivity contribution in [2.24, 2.45) is 0 Å². The first-order valence-corrected chi connectivity index (χ1v) is 9.96. The Bertz CT molecular complexity index is 929. The number of carbonyl (C=O) groups is 2. The van der Waals surface area contributed by atoms with Gasteiger partial charge in [-0.05, 0) is 49.4 Å². The summed E-state index contributed by atoms with van der Waals surface area (Å²) in [6.45, 7) is 3.29. The molecule has 0 bridgehead atoms. The first-order chi connectivity index (χ1) is 12.7. The molecule has 0 spiro atoms. The molecule has 2 aromatic carbocycles. The van der Waals surface area contributed by atoms with Gasteiger partial charge in [-0.15, -0.1) is 0 Å². The van der Waals surface area contributed by atoms with Crippen molar-refractivity contribution < 1.29 is 22.7 Å². The summed E-state index contributed by atoms with van der Waals surface area (Å²) in [5, 5.41) is 3.13. The molecule has 0 aliphatic carbocycles. The molecule has 0 aromatic heterocycles. The Hall–Kier alpha value is -2.42. The molecule has 1 amide bonds. The van der Waals surface area contributed by atoms with E-state index in [4.69, 9.17) is 16.3 Å². The Kier molecular flexibility index (Phi) is 6.95. The Morgan fingerprint density at radius 3 is 2.44 bits per heavy atom. The van der Waals surface area contributed by atoms with E-state index >= 15 is 0 Å². The fraction of sp³-hybridized carbons (Fsp3) is 0.222. The normalized spacial score (nSPS) is 12.3. The number of rotatable bonds is 7. The molecule has 9 heteroatoms. The number of carbonyl (C=O) groups excluding carboxylic acids is 2. The van der Waals surface area contributed by atoms with E-state index < -0.39 is 28.0 Å². The van der Waals surface area contributed by atoms with Gasteiger partial charge in [-0.2, -0.15) is 0 Å². The average molecular weight is 411 g/mol. The summed E-state index contributed by atoms with van der Waals surface area (Å²) in [7, 11) is -3.70. The number of anilines is 1. The highest BCUT2D eigenvalue weighted by molar-refractivity contribution is 7.89. The Morgan fingerprint density at radius 2 is 1.81 bits per heavy atom. The minimum Gasteiger partial charge on any atom is -0.449 e. The van der Waals surface area contributed by atoms with Crippen molar-refractivity contribution in [3.05, 3.63) is 59.1 Å². The van der Waals surface area contributed by atoms with Crippen molar-refractivity contribution in [3.8, 4) is 0 Å². The smallest absolute Gasteiger partial charge is 0.338 e. The summed E-state index contributed by atoms with van der Waals surface area (Å²) >= 11 is 5.78. The Morgan fingerprint density at radius 1 is 1.15 bits per heavy atom. The number of ether oxygens (including phenoxy) is 1. The molecular formula is C18H19ClN2O5S. The number of amides is 1. The third-order valence-electron chi connectivity index (χ3n) is 3.48. The third kappa shape index (κ3) is 5.78. The van der Waals surface area contributed by atoms with Gasteiger partial charge in [0.25, 0.3) is 5.91 Å². The van der Waals surface area contributed by atoms with Crippen LogP contribution in [0.1, 0.15) is 24.2 Å². The van der Waals surface area contributed by atoms with Crippen molar-refractivity contribution in [1.82, 2.24) is 4.72 Å². The minimum atomic E-state index is -3.70. The molecule has 0 saturated carbocycles. The van der Waals surface area contributed by atoms with Crippen LogP contribution >= 0.6 is 11.6 Å². The van der Waals surface area contributed by atoms with E-state index in [1.165, 1.54) is 31.2 Å². The Labute approximate surface area is 162 Å². The second kappa shape index (κ2) is 8.98. The highest BCUT2D eigenvalue weighted by Crippen LogP contribution is 2.15. The van der Waals surface area contributed by atoms with Gasteiger partial charge in [0.2, 0.25) is 10.0 Å². The summed E-state index contributed by atoms with van der Waals surface area (Å²) in [5.41, 5.74) is 0.533. The van der Waals surface area contributed by atoms with E-state index in [9.17, 15) is 18.0 Å². The monoisotopic (exact) mass is 410 g/mol. The lowest BCUT2D eigenvalue weighted by molar-refractivity contribution is -0.123. The molecule has 0 unspecified atom stereocenters. The molecule has 0 heterocycles. The average Bonchev–Trinajstić information content (AvgIpc) is 2.63. The number of esters is 1. The number of sulfonamides is 1. The molecule has 2 N–H and O–H groups in total. The third-order valence-corrected chi connectivity index (χ3v) is 5.27. The van der Waals surface area contributed by atoms with Gasteiger partial charge in [-0.25, -0.2) is 17.9 Å². The largest absolute Gasteiger partial charge is 0.449 e. The van der Waals surface area contributed by atoms with Gasteiger partial charge in [0.05, 0.1) is 10.5 Å². The van der Waals surface area contributed by atoms with Crippen molar-refractivity contribution in [2.75, 3.05) is 11.9 Å². The van der Waals surface area contributed by atoms with Crippen LogP contribution in [-0.4, -0.2) is 32.9 Å². The maximum atomic E-state index is 12.3. The summed E-state index contributed by atoms with van der Waals surface area (Å²) in [6, 6.07) is 11.9. The molecule has 2 rings (SSSR count). The van der Waals surface area contributed by atoms with Crippen LogP contribution in [0.4, 0.5) is 5.69 Å². The molecule has 144 valence electrons. The van der Waals surface area contributed by atoms with Crippen LogP contribution in [0.2, 0.25) is 5.02 Å². The number of halogens is 1. The van der Waals surface area contributed by atoms with Gasteiger partial charge in [-0.3, -0.25) is 4.79 Å². The highest BCUT2D eigenvalue weighted by Gasteiger charge is 2.21. The molecule has 0 fully saturated rings. The molecule has 2 aromatic rings. The maximum Gasteiger partial charge on any atom is 0.338 e. The standard InChI is InChI=1S/C18H19ClN2O5S/c1-3-20-27(24,25)16-6-4-5-13(11-16)18(23)26-12(2)17(22)21-15-9-7-14(19)8-10-15/h4-12,20H,3H2,1-2H3,(H,21,22)/t12-/m1/s1. The second-order valence-electron chi connectivity index (χ2n) is 5.57.